The second-order valence-electron chi connectivity index (χ2n) is 8.87. The molecule has 11 nitrogen and oxygen atoms in total. The number of amides is 3. The van der Waals surface area contributed by atoms with E-state index < -0.39 is 29.1 Å². The highest BCUT2D eigenvalue weighted by atomic mass is 16.6. The zero-order chi connectivity index (χ0) is 24.9. The van der Waals surface area contributed by atoms with E-state index in [2.05, 4.69) is 5.32 Å². The van der Waals surface area contributed by atoms with Gasteiger partial charge in [-0.15, -0.1) is 0 Å². The molecule has 0 radical (unpaired) electrons. The molecule has 1 saturated carbocycles. The van der Waals surface area contributed by atoms with Gasteiger partial charge in [0.15, 0.2) is 6.61 Å². The maximum atomic E-state index is 13.5. The van der Waals surface area contributed by atoms with Crippen molar-refractivity contribution in [2.75, 3.05) is 16.8 Å². The van der Waals surface area contributed by atoms with E-state index in [0.29, 0.717) is 29.7 Å². The van der Waals surface area contributed by atoms with Crippen molar-refractivity contribution < 1.29 is 28.8 Å². The van der Waals surface area contributed by atoms with E-state index in [1.165, 1.54) is 21.9 Å². The first-order valence-electron chi connectivity index (χ1n) is 11.2. The van der Waals surface area contributed by atoms with Crippen LogP contribution in [0.15, 0.2) is 42.5 Å². The number of nitro benzene ring substituents is 1. The third-order valence-corrected chi connectivity index (χ3v) is 6.50. The van der Waals surface area contributed by atoms with Crippen LogP contribution < -0.4 is 10.2 Å². The molecule has 0 spiro atoms. The number of hydrogen-bond acceptors (Lipinski definition) is 7. The lowest BCUT2D eigenvalue weighted by atomic mass is 9.96. The Morgan fingerprint density at radius 3 is 2.66 bits per heavy atom. The summed E-state index contributed by atoms with van der Waals surface area (Å²) in [5.41, 5.74) is -0.659. The van der Waals surface area contributed by atoms with Gasteiger partial charge in [-0.3, -0.25) is 29.4 Å². The number of anilines is 2. The zero-order valence-electron chi connectivity index (χ0n) is 18.9. The molecule has 1 aliphatic carbocycles. The monoisotopic (exact) mass is 478 g/mol. The number of para-hydroxylation sites is 1. The quantitative estimate of drug-likeness (QED) is 0.382. The van der Waals surface area contributed by atoms with E-state index in [1.54, 1.807) is 37.3 Å². The van der Waals surface area contributed by atoms with Crippen molar-refractivity contribution in [3.8, 4) is 0 Å². The topological polar surface area (TPSA) is 139 Å². The van der Waals surface area contributed by atoms with Gasteiger partial charge in [0.1, 0.15) is 5.69 Å². The van der Waals surface area contributed by atoms with Gasteiger partial charge in [0, 0.05) is 24.9 Å². The van der Waals surface area contributed by atoms with Gasteiger partial charge in [-0.25, -0.2) is 4.79 Å². The van der Waals surface area contributed by atoms with Crippen molar-refractivity contribution >= 4 is 40.8 Å². The number of carbonyl (C=O) groups excluding carboxylic acids is 4. The number of aryl methyl sites for hydroxylation is 1. The third kappa shape index (κ3) is 3.59. The SMILES string of the molecule is Cc1ccc(NC(=O)COC(=O)C23CCC(=O)N2c2ccccc2C(=O)N3C2CC2)c([N+](=O)[O-])c1. The van der Waals surface area contributed by atoms with E-state index in [1.807, 2.05) is 0 Å². The van der Waals surface area contributed by atoms with Gasteiger partial charge in [-0.2, -0.15) is 0 Å². The largest absolute Gasteiger partial charge is 0.452 e. The molecule has 1 saturated heterocycles. The van der Waals surface area contributed by atoms with Crippen LogP contribution in [0.25, 0.3) is 0 Å². The van der Waals surface area contributed by atoms with Gasteiger partial charge in [0.25, 0.3) is 17.5 Å². The summed E-state index contributed by atoms with van der Waals surface area (Å²) in [4.78, 5) is 65.8. The highest BCUT2D eigenvalue weighted by molar-refractivity contribution is 6.16. The second kappa shape index (κ2) is 8.19. The Balaban J connectivity index is 1.41. The van der Waals surface area contributed by atoms with E-state index in [-0.39, 0.29) is 42.1 Å². The smallest absolute Gasteiger partial charge is 0.354 e. The Morgan fingerprint density at radius 2 is 1.94 bits per heavy atom. The standard InChI is InChI=1S/C24H22N4O7/c1-14-6-9-17(19(12-14)28(33)34)25-20(29)13-35-23(32)24-11-10-21(30)27(24)18-5-3-2-4-16(18)22(31)26(24)15-7-8-15/h2-6,9,12,15H,7-8,10-11,13H2,1H3,(H,25,29). The minimum atomic E-state index is -1.67. The highest BCUT2D eigenvalue weighted by Crippen LogP contribution is 2.49. The molecule has 35 heavy (non-hydrogen) atoms. The lowest BCUT2D eigenvalue weighted by Crippen LogP contribution is -2.69. The van der Waals surface area contributed by atoms with Gasteiger partial charge in [0.05, 0.1) is 16.2 Å². The molecular formula is C24H22N4O7. The fourth-order valence-corrected chi connectivity index (χ4v) is 4.84. The first-order chi connectivity index (χ1) is 16.7. The predicted molar refractivity (Wildman–Crippen MR) is 123 cm³/mol. The normalized spacial score (nSPS) is 20.8. The minimum Gasteiger partial charge on any atom is -0.452 e. The molecule has 11 heteroatoms. The molecule has 2 aromatic carbocycles. The second-order valence-corrected chi connectivity index (χ2v) is 8.87. The highest BCUT2D eigenvalue weighted by Gasteiger charge is 2.64. The summed E-state index contributed by atoms with van der Waals surface area (Å²) in [6.45, 7) is 0.950. The van der Waals surface area contributed by atoms with Gasteiger partial charge >= 0.3 is 5.97 Å². The van der Waals surface area contributed by atoms with Crippen LogP contribution in [0.2, 0.25) is 0 Å². The number of ether oxygens (including phenoxy) is 1. The summed E-state index contributed by atoms with van der Waals surface area (Å²) in [7, 11) is 0. The molecule has 0 aromatic heterocycles. The van der Waals surface area contributed by atoms with Crippen molar-refractivity contribution in [2.24, 2.45) is 0 Å². The molecule has 3 aliphatic rings. The molecular weight excluding hydrogens is 456 g/mol. The summed E-state index contributed by atoms with van der Waals surface area (Å²) in [5.74, 6) is -2.33. The number of rotatable bonds is 6. The van der Waals surface area contributed by atoms with Crippen molar-refractivity contribution in [3.63, 3.8) is 0 Å². The first-order valence-corrected chi connectivity index (χ1v) is 11.2. The van der Waals surface area contributed by atoms with Crippen LogP contribution in [0.5, 0.6) is 0 Å². The van der Waals surface area contributed by atoms with Gasteiger partial charge < -0.3 is 15.0 Å². The van der Waals surface area contributed by atoms with Gasteiger partial charge in [-0.1, -0.05) is 18.2 Å². The van der Waals surface area contributed by atoms with E-state index in [4.69, 9.17) is 4.74 Å². The summed E-state index contributed by atoms with van der Waals surface area (Å²) in [6, 6.07) is 10.7. The average Bonchev–Trinajstić information content (AvgIpc) is 3.60. The average molecular weight is 478 g/mol. The number of fused-ring (bicyclic) bond motifs is 3. The number of esters is 1. The Labute approximate surface area is 199 Å². The van der Waals surface area contributed by atoms with Crippen molar-refractivity contribution in [1.29, 1.82) is 0 Å². The zero-order valence-corrected chi connectivity index (χ0v) is 18.9. The molecule has 0 bridgehead atoms. The molecule has 2 aromatic rings. The predicted octanol–water partition coefficient (Wildman–Crippen LogP) is 2.53. The molecule has 3 amide bonds. The first kappa shape index (κ1) is 22.5. The molecule has 1 N–H and O–H groups in total. The Bertz CT molecular complexity index is 1290. The Hall–Kier alpha value is -4.28. The third-order valence-electron chi connectivity index (χ3n) is 6.50. The Kier molecular flexibility index (Phi) is 5.27. The summed E-state index contributed by atoms with van der Waals surface area (Å²) in [6.07, 6.45) is 1.49. The van der Waals surface area contributed by atoms with Crippen LogP contribution in [0, 0.1) is 17.0 Å². The minimum absolute atomic E-state index is 0.0288. The van der Waals surface area contributed by atoms with E-state index in [0.717, 1.165) is 0 Å². The summed E-state index contributed by atoms with van der Waals surface area (Å²) in [5, 5.41) is 13.7. The van der Waals surface area contributed by atoms with Gasteiger partial charge in [-0.05, 0) is 43.5 Å². The van der Waals surface area contributed by atoms with Crippen LogP contribution in [0.4, 0.5) is 17.1 Å². The van der Waals surface area contributed by atoms with Crippen LogP contribution in [-0.4, -0.2) is 51.8 Å². The summed E-state index contributed by atoms with van der Waals surface area (Å²) < 4.78 is 5.36. The number of carbonyl (C=O) groups is 4. The maximum absolute atomic E-state index is 13.5. The fraction of sp³-hybridized carbons (Fsp3) is 0.333. The van der Waals surface area contributed by atoms with Crippen molar-refractivity contribution in [3.05, 3.63) is 63.7 Å². The molecule has 180 valence electrons. The fourth-order valence-electron chi connectivity index (χ4n) is 4.84. The van der Waals surface area contributed by atoms with Gasteiger partial charge in [0.2, 0.25) is 11.6 Å². The maximum Gasteiger partial charge on any atom is 0.354 e. The Morgan fingerprint density at radius 1 is 1.20 bits per heavy atom. The summed E-state index contributed by atoms with van der Waals surface area (Å²) >= 11 is 0. The molecule has 2 heterocycles. The van der Waals surface area contributed by atoms with Crippen LogP contribution >= 0.6 is 0 Å². The molecule has 5 rings (SSSR count). The lowest BCUT2D eigenvalue weighted by Gasteiger charge is -2.48. The number of hydrogen-bond donors (Lipinski definition) is 1. The number of benzene rings is 2. The van der Waals surface area contributed by atoms with Crippen molar-refractivity contribution in [2.45, 2.75) is 44.3 Å². The molecule has 1 atom stereocenters. The number of nitrogens with zero attached hydrogens (tertiary/aromatic N) is 3. The molecule has 2 fully saturated rings. The number of nitro groups is 1. The molecule has 1 unspecified atom stereocenters. The lowest BCUT2D eigenvalue weighted by molar-refractivity contribution is -0.384. The van der Waals surface area contributed by atoms with Crippen LogP contribution in [-0.2, 0) is 19.1 Å². The number of nitrogens with one attached hydrogen (secondary N) is 1. The van der Waals surface area contributed by atoms with E-state index >= 15 is 0 Å². The van der Waals surface area contributed by atoms with Crippen LogP contribution in [0.1, 0.15) is 41.6 Å². The van der Waals surface area contributed by atoms with E-state index in [9.17, 15) is 29.3 Å². The van der Waals surface area contributed by atoms with Crippen molar-refractivity contribution in [1.82, 2.24) is 4.90 Å². The molecule has 2 aliphatic heterocycles. The van der Waals surface area contributed by atoms with Crippen LogP contribution in [0.3, 0.4) is 0 Å².